The van der Waals surface area contributed by atoms with Gasteiger partial charge in [0.1, 0.15) is 6.04 Å². The van der Waals surface area contributed by atoms with E-state index in [4.69, 9.17) is 28.9 Å². The first-order chi connectivity index (χ1) is 16.3. The Morgan fingerprint density at radius 1 is 1.15 bits per heavy atom. The number of hydrogen-bond donors (Lipinski definition) is 2. The Balaban J connectivity index is 1.34. The van der Waals surface area contributed by atoms with Crippen LogP contribution in [-0.2, 0) is 21.4 Å². The molecule has 4 aliphatic rings. The number of hydrogen-bond acceptors (Lipinski definition) is 3. The number of primary amides is 1. The van der Waals surface area contributed by atoms with Gasteiger partial charge in [-0.3, -0.25) is 14.5 Å². The van der Waals surface area contributed by atoms with Crippen LogP contribution in [0, 0.1) is 5.92 Å². The number of amides is 2. The zero-order valence-electron chi connectivity index (χ0n) is 18.8. The van der Waals surface area contributed by atoms with E-state index in [-0.39, 0.29) is 5.91 Å². The molecule has 0 aromatic heterocycles. The van der Waals surface area contributed by atoms with Gasteiger partial charge < -0.3 is 11.1 Å². The standard InChI is InChI=1S/C26H28BrCl2N3O2/c27-20-4-1-16(11-18(20)23-13-15-5-9-32(23)10-6-15)12-22(24(30)33)31-25(34)26(7-8-26)19-3-2-17(28)14-21(19)29/h1-4,11,14-15,22-23H,5-10,12-13H2,(H2,30,33)(H,31,34)/t22-,23?/m0/s1. The van der Waals surface area contributed by atoms with Crippen molar-refractivity contribution in [1.82, 2.24) is 10.2 Å². The number of nitrogens with one attached hydrogen (secondary N) is 1. The van der Waals surface area contributed by atoms with Crippen LogP contribution in [0.4, 0.5) is 0 Å². The molecule has 6 rings (SSSR count). The molecule has 1 unspecified atom stereocenters. The van der Waals surface area contributed by atoms with E-state index in [9.17, 15) is 9.59 Å². The normalized spacial score (nSPS) is 25.6. The van der Waals surface area contributed by atoms with Crippen molar-refractivity contribution in [2.45, 2.75) is 56.0 Å². The number of carbonyl (C=O) groups is 2. The van der Waals surface area contributed by atoms with Crippen LogP contribution in [0.1, 0.15) is 54.8 Å². The van der Waals surface area contributed by atoms with Crippen molar-refractivity contribution in [3.05, 3.63) is 67.6 Å². The van der Waals surface area contributed by atoms with Crippen LogP contribution < -0.4 is 11.1 Å². The van der Waals surface area contributed by atoms with Crippen molar-refractivity contribution in [3.8, 4) is 0 Å². The predicted octanol–water partition coefficient (Wildman–Crippen LogP) is 5.16. The minimum atomic E-state index is -0.798. The molecule has 3 saturated heterocycles. The van der Waals surface area contributed by atoms with E-state index in [1.54, 1.807) is 18.2 Å². The van der Waals surface area contributed by atoms with Gasteiger partial charge in [0.05, 0.1) is 5.41 Å². The molecule has 1 aliphatic carbocycles. The van der Waals surface area contributed by atoms with Crippen molar-refractivity contribution >= 4 is 50.9 Å². The molecule has 180 valence electrons. The second-order valence-corrected chi connectivity index (χ2v) is 11.6. The highest BCUT2D eigenvalue weighted by atomic mass is 79.9. The second-order valence-electron chi connectivity index (χ2n) is 9.93. The van der Waals surface area contributed by atoms with Crippen molar-refractivity contribution in [1.29, 1.82) is 0 Å². The van der Waals surface area contributed by atoms with Gasteiger partial charge in [0.25, 0.3) is 0 Å². The zero-order chi connectivity index (χ0) is 24.0. The first-order valence-corrected chi connectivity index (χ1v) is 13.4. The van der Waals surface area contributed by atoms with Crippen molar-refractivity contribution in [2.24, 2.45) is 11.7 Å². The number of nitrogens with zero attached hydrogens (tertiary/aromatic N) is 1. The van der Waals surface area contributed by atoms with Crippen LogP contribution in [0.2, 0.25) is 10.0 Å². The van der Waals surface area contributed by atoms with Crippen molar-refractivity contribution in [2.75, 3.05) is 13.1 Å². The Hall–Kier alpha value is -1.60. The third-order valence-electron chi connectivity index (χ3n) is 7.79. The molecule has 3 aliphatic heterocycles. The highest BCUT2D eigenvalue weighted by Crippen LogP contribution is 2.51. The van der Waals surface area contributed by atoms with E-state index in [1.807, 2.05) is 12.1 Å². The molecule has 0 spiro atoms. The molecule has 8 heteroatoms. The summed E-state index contributed by atoms with van der Waals surface area (Å²) >= 11 is 16.2. The summed E-state index contributed by atoms with van der Waals surface area (Å²) in [5, 5.41) is 3.91. The molecule has 5 nitrogen and oxygen atoms in total. The SMILES string of the molecule is NC(=O)[C@H](Cc1ccc(Br)c(C2CC3CCN2CC3)c1)NC(=O)C1(c2ccc(Cl)cc2Cl)CC1. The second kappa shape index (κ2) is 9.45. The Morgan fingerprint density at radius 2 is 1.88 bits per heavy atom. The summed E-state index contributed by atoms with van der Waals surface area (Å²) < 4.78 is 1.09. The van der Waals surface area contributed by atoms with E-state index in [2.05, 4.69) is 32.2 Å². The number of benzene rings is 2. The third kappa shape index (κ3) is 4.62. The van der Waals surface area contributed by atoms with Gasteiger partial charge in [-0.1, -0.05) is 57.3 Å². The van der Waals surface area contributed by atoms with Gasteiger partial charge in [0.2, 0.25) is 11.8 Å². The fraction of sp³-hybridized carbons (Fsp3) is 0.462. The van der Waals surface area contributed by atoms with Crippen LogP contribution in [0.5, 0.6) is 0 Å². The molecular weight excluding hydrogens is 537 g/mol. The summed E-state index contributed by atoms with van der Waals surface area (Å²) in [5.74, 6) is 0.0301. The lowest BCUT2D eigenvalue weighted by Gasteiger charge is -2.46. The van der Waals surface area contributed by atoms with Crippen LogP contribution in [0.15, 0.2) is 40.9 Å². The van der Waals surface area contributed by atoms with E-state index >= 15 is 0 Å². The first kappa shape index (κ1) is 24.1. The van der Waals surface area contributed by atoms with Crippen molar-refractivity contribution < 1.29 is 9.59 Å². The maximum atomic E-state index is 13.3. The summed E-state index contributed by atoms with van der Waals surface area (Å²) in [4.78, 5) is 28.2. The average molecular weight is 565 g/mol. The Bertz CT molecular complexity index is 1130. The van der Waals surface area contributed by atoms with Gasteiger partial charge in [0, 0.05) is 27.0 Å². The number of carbonyl (C=O) groups excluding carboxylic acids is 2. The molecule has 3 heterocycles. The predicted molar refractivity (Wildman–Crippen MR) is 138 cm³/mol. The summed E-state index contributed by atoms with van der Waals surface area (Å²) in [6.45, 7) is 2.28. The fourth-order valence-electron chi connectivity index (χ4n) is 5.64. The van der Waals surface area contributed by atoms with E-state index in [0.29, 0.717) is 35.3 Å². The maximum absolute atomic E-state index is 13.3. The summed E-state index contributed by atoms with van der Waals surface area (Å²) in [5.41, 5.74) is 7.98. The molecule has 2 atom stereocenters. The molecule has 1 saturated carbocycles. The number of piperidine rings is 3. The van der Waals surface area contributed by atoms with Gasteiger partial charge in [-0.05, 0) is 86.0 Å². The monoisotopic (exact) mass is 563 g/mol. The van der Waals surface area contributed by atoms with Gasteiger partial charge in [0.15, 0.2) is 0 Å². The lowest BCUT2D eigenvalue weighted by Crippen LogP contribution is -2.49. The minimum Gasteiger partial charge on any atom is -0.368 e. The number of nitrogens with two attached hydrogens (primary N) is 1. The average Bonchev–Trinajstić information content (AvgIpc) is 3.62. The van der Waals surface area contributed by atoms with Crippen molar-refractivity contribution in [3.63, 3.8) is 0 Å². The lowest BCUT2D eigenvalue weighted by molar-refractivity contribution is -0.128. The van der Waals surface area contributed by atoms with Gasteiger partial charge >= 0.3 is 0 Å². The fourth-order valence-corrected chi connectivity index (χ4v) is 6.74. The van der Waals surface area contributed by atoms with E-state index in [0.717, 1.165) is 34.6 Å². The summed E-state index contributed by atoms with van der Waals surface area (Å²) in [6.07, 6.45) is 5.43. The molecule has 2 amide bonds. The minimum absolute atomic E-state index is 0.214. The third-order valence-corrected chi connectivity index (χ3v) is 9.06. The number of fused-ring (bicyclic) bond motifs is 3. The van der Waals surface area contributed by atoms with Crippen LogP contribution >= 0.6 is 39.1 Å². The van der Waals surface area contributed by atoms with E-state index < -0.39 is 17.4 Å². The molecular formula is C26H28BrCl2N3O2. The Kier molecular flexibility index (Phi) is 6.70. The summed E-state index contributed by atoms with van der Waals surface area (Å²) in [7, 11) is 0. The smallest absolute Gasteiger partial charge is 0.240 e. The highest BCUT2D eigenvalue weighted by Gasteiger charge is 2.53. The summed E-state index contributed by atoms with van der Waals surface area (Å²) in [6, 6.07) is 11.0. The van der Waals surface area contributed by atoms with Gasteiger partial charge in [-0.25, -0.2) is 0 Å². The zero-order valence-corrected chi connectivity index (χ0v) is 21.9. The van der Waals surface area contributed by atoms with E-state index in [1.165, 1.54) is 24.8 Å². The molecule has 34 heavy (non-hydrogen) atoms. The van der Waals surface area contributed by atoms with Gasteiger partial charge in [-0.15, -0.1) is 0 Å². The molecule has 2 aromatic rings. The largest absolute Gasteiger partial charge is 0.368 e. The number of rotatable bonds is 7. The number of halogens is 3. The molecule has 0 radical (unpaired) electrons. The molecule has 2 bridgehead atoms. The molecule has 2 aromatic carbocycles. The molecule has 3 N–H and O–H groups in total. The quantitative estimate of drug-likeness (QED) is 0.488. The van der Waals surface area contributed by atoms with Crippen LogP contribution in [0.3, 0.4) is 0 Å². The topological polar surface area (TPSA) is 75.4 Å². The van der Waals surface area contributed by atoms with Crippen LogP contribution in [-0.4, -0.2) is 35.8 Å². The van der Waals surface area contributed by atoms with Gasteiger partial charge in [-0.2, -0.15) is 0 Å². The first-order valence-electron chi connectivity index (χ1n) is 11.8. The maximum Gasteiger partial charge on any atom is 0.240 e. The van der Waals surface area contributed by atoms with Crippen LogP contribution in [0.25, 0.3) is 0 Å². The highest BCUT2D eigenvalue weighted by molar-refractivity contribution is 9.10. The Labute approximate surface area is 218 Å². The lowest BCUT2D eigenvalue weighted by atomic mass is 9.80. The molecule has 4 fully saturated rings. The Morgan fingerprint density at radius 3 is 2.47 bits per heavy atom.